The maximum Gasteiger partial charge on any atom is 0.216 e. The molecule has 80 valence electrons. The second kappa shape index (κ2) is 5.75. The predicted octanol–water partition coefficient (Wildman–Crippen LogP) is 0.176. The summed E-state index contributed by atoms with van der Waals surface area (Å²) in [6.45, 7) is 3.90. The van der Waals surface area contributed by atoms with Crippen molar-refractivity contribution in [3.63, 3.8) is 0 Å². The van der Waals surface area contributed by atoms with Gasteiger partial charge in [-0.3, -0.25) is 9.69 Å². The molecule has 1 unspecified atom stereocenters. The first-order valence-electron chi connectivity index (χ1n) is 5.18. The molecule has 0 radical (unpaired) electrons. The van der Waals surface area contributed by atoms with E-state index in [1.54, 1.807) is 0 Å². The van der Waals surface area contributed by atoms with E-state index in [2.05, 4.69) is 10.2 Å². The Labute approximate surface area is 84.7 Å². The van der Waals surface area contributed by atoms with Crippen molar-refractivity contribution in [3.8, 4) is 0 Å². The van der Waals surface area contributed by atoms with Gasteiger partial charge in [0.05, 0.1) is 6.04 Å². The van der Waals surface area contributed by atoms with Crippen LogP contribution >= 0.6 is 0 Å². The predicted molar refractivity (Wildman–Crippen MR) is 54.0 cm³/mol. The van der Waals surface area contributed by atoms with Crippen molar-refractivity contribution < 1.29 is 9.59 Å². The van der Waals surface area contributed by atoms with Crippen molar-refractivity contribution in [1.82, 2.24) is 10.2 Å². The van der Waals surface area contributed by atoms with E-state index in [-0.39, 0.29) is 11.9 Å². The molecule has 1 saturated heterocycles. The average Bonchev–Trinajstić information content (AvgIpc) is 2.18. The summed E-state index contributed by atoms with van der Waals surface area (Å²) >= 11 is 0. The number of carbonyl (C=O) groups excluding carboxylic acids is 2. The number of hydrogen-bond donors (Lipinski definition) is 1. The second-order valence-electron chi connectivity index (χ2n) is 3.72. The molecule has 0 aromatic carbocycles. The Morgan fingerprint density at radius 3 is 3.00 bits per heavy atom. The number of aldehydes is 1. The summed E-state index contributed by atoms with van der Waals surface area (Å²) in [5, 5.41) is 2.74. The molecule has 0 spiro atoms. The number of amides is 1. The van der Waals surface area contributed by atoms with Crippen LogP contribution in [0.25, 0.3) is 0 Å². The van der Waals surface area contributed by atoms with Crippen LogP contribution in [0.5, 0.6) is 0 Å². The number of carbonyl (C=O) groups is 2. The minimum Gasteiger partial charge on any atom is -0.355 e. The van der Waals surface area contributed by atoms with Gasteiger partial charge in [-0.15, -0.1) is 0 Å². The van der Waals surface area contributed by atoms with E-state index >= 15 is 0 Å². The highest BCUT2D eigenvalue weighted by Crippen LogP contribution is 2.14. The normalized spacial score (nSPS) is 23.1. The van der Waals surface area contributed by atoms with E-state index in [1.165, 1.54) is 6.92 Å². The first-order valence-corrected chi connectivity index (χ1v) is 5.18. The molecular weight excluding hydrogens is 180 g/mol. The Balaban J connectivity index is 2.26. The number of nitrogens with one attached hydrogen (secondary N) is 1. The smallest absolute Gasteiger partial charge is 0.216 e. The molecule has 0 aromatic heterocycles. The molecule has 14 heavy (non-hydrogen) atoms. The fourth-order valence-corrected chi connectivity index (χ4v) is 1.82. The zero-order chi connectivity index (χ0) is 10.4. The minimum atomic E-state index is -0.00957. The van der Waals surface area contributed by atoms with Crippen molar-refractivity contribution in [1.29, 1.82) is 0 Å². The van der Waals surface area contributed by atoms with E-state index in [0.717, 1.165) is 38.6 Å². The molecule has 1 heterocycles. The fraction of sp³-hybridized carbons (Fsp3) is 0.800. The van der Waals surface area contributed by atoms with Crippen molar-refractivity contribution in [3.05, 3.63) is 0 Å². The molecule has 1 rings (SSSR count). The molecule has 1 amide bonds. The first-order chi connectivity index (χ1) is 6.74. The number of hydrogen-bond acceptors (Lipinski definition) is 3. The lowest BCUT2D eigenvalue weighted by atomic mass is 10.0. The van der Waals surface area contributed by atoms with Crippen LogP contribution in [0.3, 0.4) is 0 Å². The highest BCUT2D eigenvalue weighted by atomic mass is 16.1. The zero-order valence-electron chi connectivity index (χ0n) is 8.66. The topological polar surface area (TPSA) is 49.4 Å². The van der Waals surface area contributed by atoms with Crippen LogP contribution in [0.1, 0.15) is 26.2 Å². The molecule has 4 nitrogen and oxygen atoms in total. The molecule has 0 saturated carbocycles. The van der Waals surface area contributed by atoms with Crippen molar-refractivity contribution in [2.75, 3.05) is 19.6 Å². The molecule has 1 aliphatic heterocycles. The summed E-state index contributed by atoms with van der Waals surface area (Å²) in [6.07, 6.45) is 4.28. The van der Waals surface area contributed by atoms with Crippen molar-refractivity contribution >= 4 is 12.2 Å². The highest BCUT2D eigenvalue weighted by Gasteiger charge is 2.20. The van der Waals surface area contributed by atoms with Gasteiger partial charge in [0, 0.05) is 20.0 Å². The number of likely N-dealkylation sites (tertiary alicyclic amines) is 1. The SMILES string of the molecule is CC(=O)NCCN1CCCCC1C=O. The van der Waals surface area contributed by atoms with Gasteiger partial charge in [0.25, 0.3) is 0 Å². The maximum atomic E-state index is 10.7. The van der Waals surface area contributed by atoms with E-state index in [9.17, 15) is 9.59 Å². The van der Waals surface area contributed by atoms with Gasteiger partial charge in [-0.25, -0.2) is 0 Å². The van der Waals surface area contributed by atoms with Crippen molar-refractivity contribution in [2.24, 2.45) is 0 Å². The minimum absolute atomic E-state index is 0.00957. The van der Waals surface area contributed by atoms with Crippen LogP contribution in [0.2, 0.25) is 0 Å². The fourth-order valence-electron chi connectivity index (χ4n) is 1.82. The molecule has 0 aliphatic carbocycles. The van der Waals surface area contributed by atoms with Crippen LogP contribution in [0, 0.1) is 0 Å². The molecule has 1 aliphatic rings. The van der Waals surface area contributed by atoms with Gasteiger partial charge in [0.1, 0.15) is 6.29 Å². The summed E-state index contributed by atoms with van der Waals surface area (Å²) in [5.74, 6) is -0.00957. The van der Waals surface area contributed by atoms with Gasteiger partial charge in [-0.1, -0.05) is 6.42 Å². The molecule has 1 fully saturated rings. The molecule has 0 aromatic rings. The van der Waals surface area contributed by atoms with Crippen LogP contribution in [-0.4, -0.2) is 42.8 Å². The second-order valence-corrected chi connectivity index (χ2v) is 3.72. The Morgan fingerprint density at radius 2 is 2.36 bits per heavy atom. The van der Waals surface area contributed by atoms with E-state index in [1.807, 2.05) is 0 Å². The van der Waals surface area contributed by atoms with Gasteiger partial charge in [0.15, 0.2) is 0 Å². The summed E-state index contributed by atoms with van der Waals surface area (Å²) in [5.41, 5.74) is 0. The van der Waals surface area contributed by atoms with E-state index in [4.69, 9.17) is 0 Å². The Morgan fingerprint density at radius 1 is 1.57 bits per heavy atom. The first kappa shape index (κ1) is 11.2. The van der Waals surface area contributed by atoms with Crippen molar-refractivity contribution in [2.45, 2.75) is 32.2 Å². The largest absolute Gasteiger partial charge is 0.355 e. The highest BCUT2D eigenvalue weighted by molar-refractivity contribution is 5.72. The third-order valence-electron chi connectivity index (χ3n) is 2.59. The molecule has 4 heteroatoms. The van der Waals surface area contributed by atoms with Gasteiger partial charge in [0.2, 0.25) is 5.91 Å². The summed E-state index contributed by atoms with van der Waals surface area (Å²) in [4.78, 5) is 23.5. The zero-order valence-corrected chi connectivity index (χ0v) is 8.66. The monoisotopic (exact) mass is 198 g/mol. The standard InChI is InChI=1S/C10H18N2O2/c1-9(14)11-5-7-12-6-3-2-4-10(12)8-13/h8,10H,2-7H2,1H3,(H,11,14). The Kier molecular flexibility index (Phi) is 4.59. The Bertz CT molecular complexity index is 206. The quantitative estimate of drug-likeness (QED) is 0.655. The van der Waals surface area contributed by atoms with Gasteiger partial charge >= 0.3 is 0 Å². The van der Waals surface area contributed by atoms with E-state index in [0.29, 0.717) is 6.54 Å². The molecule has 1 atom stereocenters. The maximum absolute atomic E-state index is 10.7. The van der Waals surface area contributed by atoms with E-state index < -0.39 is 0 Å². The number of rotatable bonds is 4. The summed E-state index contributed by atoms with van der Waals surface area (Å²) < 4.78 is 0. The molecular formula is C10H18N2O2. The molecule has 0 bridgehead atoms. The van der Waals surface area contributed by atoms with Gasteiger partial charge in [-0.05, 0) is 19.4 Å². The number of nitrogens with zero attached hydrogens (tertiary/aromatic N) is 1. The lowest BCUT2D eigenvalue weighted by molar-refractivity contribution is -0.119. The summed E-state index contributed by atoms with van der Waals surface area (Å²) in [6, 6.07) is 0.0671. The van der Waals surface area contributed by atoms with Gasteiger partial charge < -0.3 is 10.1 Å². The lowest BCUT2D eigenvalue weighted by Gasteiger charge is -2.32. The lowest BCUT2D eigenvalue weighted by Crippen LogP contribution is -2.44. The van der Waals surface area contributed by atoms with Crippen LogP contribution < -0.4 is 5.32 Å². The molecule has 1 N–H and O–H groups in total. The van der Waals surface area contributed by atoms with Crippen LogP contribution in [0.15, 0.2) is 0 Å². The Hall–Kier alpha value is -0.900. The third kappa shape index (κ3) is 3.46. The third-order valence-corrected chi connectivity index (χ3v) is 2.59. The van der Waals surface area contributed by atoms with Crippen LogP contribution in [-0.2, 0) is 9.59 Å². The summed E-state index contributed by atoms with van der Waals surface area (Å²) in [7, 11) is 0. The number of piperidine rings is 1. The van der Waals surface area contributed by atoms with Crippen LogP contribution in [0.4, 0.5) is 0 Å². The van der Waals surface area contributed by atoms with Gasteiger partial charge in [-0.2, -0.15) is 0 Å². The average molecular weight is 198 g/mol.